The fourth-order valence-corrected chi connectivity index (χ4v) is 5.16. The lowest BCUT2D eigenvalue weighted by Gasteiger charge is -2.35. The summed E-state index contributed by atoms with van der Waals surface area (Å²) in [4.78, 5) is 21.8. The maximum absolute atomic E-state index is 12.9. The van der Waals surface area contributed by atoms with Crippen LogP contribution in [0.1, 0.15) is 56.2 Å². The number of piperidine rings is 1. The van der Waals surface area contributed by atoms with Crippen LogP contribution in [0, 0.1) is 11.8 Å². The van der Waals surface area contributed by atoms with Crippen molar-refractivity contribution >= 4 is 5.91 Å². The number of likely N-dealkylation sites (N-methyl/N-ethyl adjacent to an activating group) is 1. The first-order chi connectivity index (χ1) is 16.2. The van der Waals surface area contributed by atoms with Crippen molar-refractivity contribution in [1.82, 2.24) is 14.8 Å². The molecule has 0 radical (unpaired) electrons. The van der Waals surface area contributed by atoms with Gasteiger partial charge in [0.25, 0.3) is 0 Å². The number of likely N-dealkylation sites (tertiary alicyclic amines) is 1. The molecule has 2 heterocycles. The minimum atomic E-state index is 0.271. The van der Waals surface area contributed by atoms with Gasteiger partial charge in [0.05, 0.1) is 6.61 Å². The van der Waals surface area contributed by atoms with E-state index in [1.165, 1.54) is 24.8 Å². The summed E-state index contributed by atoms with van der Waals surface area (Å²) in [5.74, 6) is 2.03. The summed E-state index contributed by atoms with van der Waals surface area (Å²) in [5, 5.41) is 0. The van der Waals surface area contributed by atoms with E-state index in [9.17, 15) is 4.79 Å². The normalized spacial score (nSPS) is 19.6. The van der Waals surface area contributed by atoms with Gasteiger partial charge in [-0.1, -0.05) is 37.5 Å². The van der Waals surface area contributed by atoms with Gasteiger partial charge < -0.3 is 14.5 Å². The maximum atomic E-state index is 12.9. The standard InChI is InChI=1S/C28H39N3O2/c1-30(19-16-26-11-5-6-17-29-26)20-23-12-14-27(15-13-23)33-22-24-8-7-18-31(21-24)28(32)25-9-3-2-4-10-25/h5-6,11-15,17,24-25H,2-4,7-10,16,18-22H2,1H3/t24-/m0/s1. The van der Waals surface area contributed by atoms with Crippen LogP contribution >= 0.6 is 0 Å². The minimum absolute atomic E-state index is 0.271. The van der Waals surface area contributed by atoms with Crippen LogP contribution in [0.25, 0.3) is 0 Å². The number of amides is 1. The van der Waals surface area contributed by atoms with E-state index in [1.54, 1.807) is 0 Å². The van der Waals surface area contributed by atoms with Crippen LogP contribution < -0.4 is 4.74 Å². The number of hydrogen-bond donors (Lipinski definition) is 0. The molecule has 1 atom stereocenters. The van der Waals surface area contributed by atoms with E-state index >= 15 is 0 Å². The number of rotatable bonds is 9. The lowest BCUT2D eigenvalue weighted by molar-refractivity contribution is -0.138. The molecule has 1 aliphatic heterocycles. The summed E-state index contributed by atoms with van der Waals surface area (Å²) in [6.45, 7) is 4.36. The maximum Gasteiger partial charge on any atom is 0.225 e. The van der Waals surface area contributed by atoms with Gasteiger partial charge in [-0.05, 0) is 62.6 Å². The van der Waals surface area contributed by atoms with Crippen LogP contribution in [0.4, 0.5) is 0 Å². The summed E-state index contributed by atoms with van der Waals surface area (Å²) < 4.78 is 6.12. The lowest BCUT2D eigenvalue weighted by Crippen LogP contribution is -2.44. The zero-order valence-corrected chi connectivity index (χ0v) is 20.1. The molecule has 5 nitrogen and oxygen atoms in total. The van der Waals surface area contributed by atoms with Crippen molar-refractivity contribution in [2.24, 2.45) is 11.8 Å². The fourth-order valence-electron chi connectivity index (χ4n) is 5.16. The summed E-state index contributed by atoms with van der Waals surface area (Å²) in [6.07, 6.45) is 10.9. The number of ether oxygens (including phenoxy) is 1. The molecule has 1 saturated carbocycles. The van der Waals surface area contributed by atoms with Gasteiger partial charge in [0, 0.05) is 56.3 Å². The molecule has 0 bridgehead atoms. The van der Waals surface area contributed by atoms with E-state index in [0.29, 0.717) is 18.4 Å². The molecule has 1 aliphatic carbocycles. The zero-order valence-electron chi connectivity index (χ0n) is 20.1. The van der Waals surface area contributed by atoms with Crippen molar-refractivity contribution in [3.05, 3.63) is 59.9 Å². The number of nitrogens with zero attached hydrogens (tertiary/aromatic N) is 3. The largest absolute Gasteiger partial charge is 0.493 e. The van der Waals surface area contributed by atoms with Crippen molar-refractivity contribution in [3.8, 4) is 5.75 Å². The Bertz CT molecular complexity index is 849. The van der Waals surface area contributed by atoms with Crippen molar-refractivity contribution in [2.75, 3.05) is 33.3 Å². The fraction of sp³-hybridized carbons (Fsp3) is 0.571. The monoisotopic (exact) mass is 449 g/mol. The molecule has 178 valence electrons. The quantitative estimate of drug-likeness (QED) is 0.543. The average Bonchev–Trinajstić information content (AvgIpc) is 2.88. The number of aromatic nitrogens is 1. The Morgan fingerprint density at radius 2 is 1.88 bits per heavy atom. The molecule has 33 heavy (non-hydrogen) atoms. The third-order valence-corrected chi connectivity index (χ3v) is 7.12. The molecular weight excluding hydrogens is 410 g/mol. The first-order valence-corrected chi connectivity index (χ1v) is 12.8. The molecular formula is C28H39N3O2. The molecule has 2 fully saturated rings. The number of carbonyl (C=O) groups excluding carboxylic acids is 1. The summed E-state index contributed by atoms with van der Waals surface area (Å²) in [6, 6.07) is 14.6. The smallest absolute Gasteiger partial charge is 0.225 e. The van der Waals surface area contributed by atoms with Gasteiger partial charge in [0.2, 0.25) is 5.91 Å². The molecule has 4 rings (SSSR count). The van der Waals surface area contributed by atoms with Gasteiger partial charge in [0.1, 0.15) is 5.75 Å². The molecule has 1 saturated heterocycles. The third-order valence-electron chi connectivity index (χ3n) is 7.12. The Balaban J connectivity index is 1.19. The first kappa shape index (κ1) is 23.7. The molecule has 0 unspecified atom stereocenters. The first-order valence-electron chi connectivity index (χ1n) is 12.8. The van der Waals surface area contributed by atoms with Crippen molar-refractivity contribution < 1.29 is 9.53 Å². The molecule has 2 aromatic rings. The molecule has 0 spiro atoms. The zero-order chi connectivity index (χ0) is 22.9. The molecule has 1 amide bonds. The molecule has 5 heteroatoms. The average molecular weight is 450 g/mol. The van der Waals surface area contributed by atoms with E-state index < -0.39 is 0 Å². The highest BCUT2D eigenvalue weighted by atomic mass is 16.5. The minimum Gasteiger partial charge on any atom is -0.493 e. The second kappa shape index (κ2) is 12.2. The van der Waals surface area contributed by atoms with Gasteiger partial charge in [-0.3, -0.25) is 9.78 Å². The van der Waals surface area contributed by atoms with Crippen molar-refractivity contribution in [2.45, 2.75) is 57.9 Å². The van der Waals surface area contributed by atoms with Crippen LogP contribution in [0.3, 0.4) is 0 Å². The van der Waals surface area contributed by atoms with Crippen molar-refractivity contribution in [3.63, 3.8) is 0 Å². The van der Waals surface area contributed by atoms with Crippen LogP contribution in [-0.4, -0.2) is 54.0 Å². The molecule has 0 N–H and O–H groups in total. The second-order valence-electron chi connectivity index (χ2n) is 9.89. The van der Waals surface area contributed by atoms with E-state index in [-0.39, 0.29) is 5.92 Å². The van der Waals surface area contributed by atoms with Crippen LogP contribution in [0.5, 0.6) is 5.75 Å². The Kier molecular flexibility index (Phi) is 8.76. The summed E-state index contributed by atoms with van der Waals surface area (Å²) >= 11 is 0. The Morgan fingerprint density at radius 1 is 1.06 bits per heavy atom. The SMILES string of the molecule is CN(CCc1ccccn1)Cc1ccc(OC[C@H]2CCCN(C(=O)C3CCCCC3)C2)cc1. The topological polar surface area (TPSA) is 45.7 Å². The Hall–Kier alpha value is -2.40. The van der Waals surface area contributed by atoms with E-state index in [1.807, 2.05) is 18.3 Å². The third kappa shape index (κ3) is 7.29. The number of benzene rings is 1. The second-order valence-corrected chi connectivity index (χ2v) is 9.89. The van der Waals surface area contributed by atoms with Crippen LogP contribution in [0.15, 0.2) is 48.7 Å². The summed E-state index contributed by atoms with van der Waals surface area (Å²) in [5.41, 5.74) is 2.42. The van der Waals surface area contributed by atoms with Gasteiger partial charge >= 0.3 is 0 Å². The molecule has 2 aliphatic rings. The van der Waals surface area contributed by atoms with Gasteiger partial charge in [0.15, 0.2) is 0 Å². The number of hydrogen-bond acceptors (Lipinski definition) is 4. The number of carbonyl (C=O) groups is 1. The van der Waals surface area contributed by atoms with Gasteiger partial charge in [-0.15, -0.1) is 0 Å². The lowest BCUT2D eigenvalue weighted by atomic mass is 9.87. The molecule has 1 aromatic carbocycles. The van der Waals surface area contributed by atoms with Gasteiger partial charge in [-0.2, -0.15) is 0 Å². The van der Waals surface area contributed by atoms with Crippen LogP contribution in [-0.2, 0) is 17.8 Å². The summed E-state index contributed by atoms with van der Waals surface area (Å²) in [7, 11) is 2.15. The Morgan fingerprint density at radius 3 is 2.64 bits per heavy atom. The van der Waals surface area contributed by atoms with Gasteiger partial charge in [-0.25, -0.2) is 0 Å². The highest BCUT2D eigenvalue weighted by Crippen LogP contribution is 2.28. The number of pyridine rings is 1. The molecule has 1 aromatic heterocycles. The Labute approximate surface area is 199 Å². The van der Waals surface area contributed by atoms with E-state index in [2.05, 4.69) is 52.2 Å². The predicted octanol–water partition coefficient (Wildman–Crippen LogP) is 4.95. The highest BCUT2D eigenvalue weighted by Gasteiger charge is 2.29. The van der Waals surface area contributed by atoms with E-state index in [4.69, 9.17) is 4.74 Å². The van der Waals surface area contributed by atoms with Crippen LogP contribution in [0.2, 0.25) is 0 Å². The highest BCUT2D eigenvalue weighted by molar-refractivity contribution is 5.79. The van der Waals surface area contributed by atoms with E-state index in [0.717, 1.165) is 69.7 Å². The predicted molar refractivity (Wildman–Crippen MR) is 132 cm³/mol. The van der Waals surface area contributed by atoms with Crippen molar-refractivity contribution in [1.29, 1.82) is 0 Å².